The Hall–Kier alpha value is -1.35. The number of hydrogen-bond donors (Lipinski definition) is 1. The number of aliphatic carboxylic acids is 1. The van der Waals surface area contributed by atoms with Crippen LogP contribution in [0.15, 0.2) is 24.3 Å². The summed E-state index contributed by atoms with van der Waals surface area (Å²) in [6.45, 7) is 2.37. The van der Waals surface area contributed by atoms with Gasteiger partial charge in [0.1, 0.15) is 0 Å². The van der Waals surface area contributed by atoms with Crippen molar-refractivity contribution in [2.45, 2.75) is 19.3 Å². The van der Waals surface area contributed by atoms with Gasteiger partial charge in [0.05, 0.1) is 6.42 Å². The summed E-state index contributed by atoms with van der Waals surface area (Å²) in [5, 5.41) is 8.69. The zero-order chi connectivity index (χ0) is 12.3. The van der Waals surface area contributed by atoms with E-state index in [9.17, 15) is 4.79 Å². The van der Waals surface area contributed by atoms with Gasteiger partial charge in [0.2, 0.25) is 0 Å². The second-order valence-corrected chi connectivity index (χ2v) is 5.01. The third kappa shape index (κ3) is 3.56. The molecule has 1 fully saturated rings. The van der Waals surface area contributed by atoms with Gasteiger partial charge in [-0.15, -0.1) is 0 Å². The van der Waals surface area contributed by atoms with Crippen LogP contribution in [0.4, 0.5) is 0 Å². The van der Waals surface area contributed by atoms with Crippen molar-refractivity contribution in [3.05, 3.63) is 35.4 Å². The van der Waals surface area contributed by atoms with Gasteiger partial charge in [0.25, 0.3) is 0 Å². The molecule has 92 valence electrons. The summed E-state index contributed by atoms with van der Waals surface area (Å²) >= 11 is 0. The van der Waals surface area contributed by atoms with Crippen LogP contribution in [-0.2, 0) is 17.6 Å². The van der Waals surface area contributed by atoms with Crippen LogP contribution in [0.2, 0.25) is 0 Å². The molecule has 0 amide bonds. The summed E-state index contributed by atoms with van der Waals surface area (Å²) in [7, 11) is 2.16. The fraction of sp³-hybridized carbons (Fsp3) is 0.500. The van der Waals surface area contributed by atoms with Crippen LogP contribution >= 0.6 is 0 Å². The standard InChI is InChI=1S/C14H19NO2/c1-15-7-6-13(10-15)8-11-2-4-12(5-3-11)9-14(16)17/h2-5,13H,6-10H2,1H3,(H,16,17). The molecule has 1 aromatic carbocycles. The predicted octanol–water partition coefficient (Wildman–Crippen LogP) is 1.81. The highest BCUT2D eigenvalue weighted by molar-refractivity contribution is 5.70. The van der Waals surface area contributed by atoms with Gasteiger partial charge in [0.15, 0.2) is 0 Å². The highest BCUT2D eigenvalue weighted by Crippen LogP contribution is 2.19. The molecule has 17 heavy (non-hydrogen) atoms. The number of carboxylic acids is 1. The van der Waals surface area contributed by atoms with E-state index in [0.29, 0.717) is 0 Å². The van der Waals surface area contributed by atoms with Crippen LogP contribution in [0.5, 0.6) is 0 Å². The number of carboxylic acid groups (broad SMARTS) is 1. The summed E-state index contributed by atoms with van der Waals surface area (Å²) < 4.78 is 0. The molecule has 0 bridgehead atoms. The Bertz CT molecular complexity index is 386. The Morgan fingerprint density at radius 3 is 2.53 bits per heavy atom. The van der Waals surface area contributed by atoms with E-state index in [0.717, 1.165) is 17.9 Å². The largest absolute Gasteiger partial charge is 0.481 e. The number of rotatable bonds is 4. The van der Waals surface area contributed by atoms with Crippen LogP contribution < -0.4 is 0 Å². The number of nitrogens with zero attached hydrogens (tertiary/aromatic N) is 1. The van der Waals surface area contributed by atoms with E-state index in [4.69, 9.17) is 5.11 Å². The number of likely N-dealkylation sites (tertiary alicyclic amines) is 1. The molecule has 1 atom stereocenters. The highest BCUT2D eigenvalue weighted by Gasteiger charge is 2.19. The van der Waals surface area contributed by atoms with Crippen molar-refractivity contribution in [2.24, 2.45) is 5.92 Å². The second-order valence-electron chi connectivity index (χ2n) is 5.01. The molecular formula is C14H19NO2. The van der Waals surface area contributed by atoms with Gasteiger partial charge in [-0.25, -0.2) is 0 Å². The number of carbonyl (C=O) groups is 1. The van der Waals surface area contributed by atoms with Crippen molar-refractivity contribution in [1.29, 1.82) is 0 Å². The van der Waals surface area contributed by atoms with E-state index in [1.807, 2.05) is 12.1 Å². The summed E-state index contributed by atoms with van der Waals surface area (Å²) in [4.78, 5) is 12.9. The Morgan fingerprint density at radius 2 is 2.00 bits per heavy atom. The SMILES string of the molecule is CN1CCC(Cc2ccc(CC(=O)O)cc2)C1. The van der Waals surface area contributed by atoms with Crippen LogP contribution in [0.1, 0.15) is 17.5 Å². The Kier molecular flexibility index (Phi) is 3.79. The fourth-order valence-corrected chi connectivity index (χ4v) is 2.49. The van der Waals surface area contributed by atoms with Gasteiger partial charge in [-0.1, -0.05) is 24.3 Å². The lowest BCUT2D eigenvalue weighted by molar-refractivity contribution is -0.136. The maximum atomic E-state index is 10.6. The lowest BCUT2D eigenvalue weighted by atomic mass is 9.97. The maximum Gasteiger partial charge on any atom is 0.307 e. The Balaban J connectivity index is 1.91. The quantitative estimate of drug-likeness (QED) is 0.862. The van der Waals surface area contributed by atoms with Crippen molar-refractivity contribution >= 4 is 5.97 Å². The molecule has 0 radical (unpaired) electrons. The van der Waals surface area contributed by atoms with Crippen LogP contribution in [0, 0.1) is 5.92 Å². The van der Waals surface area contributed by atoms with E-state index in [1.165, 1.54) is 25.1 Å². The van der Waals surface area contributed by atoms with Gasteiger partial charge in [-0.2, -0.15) is 0 Å². The highest BCUT2D eigenvalue weighted by atomic mass is 16.4. The topological polar surface area (TPSA) is 40.5 Å². The normalized spacial score (nSPS) is 20.6. The molecule has 0 aliphatic carbocycles. The van der Waals surface area contributed by atoms with E-state index >= 15 is 0 Å². The van der Waals surface area contributed by atoms with Crippen LogP contribution in [0.25, 0.3) is 0 Å². The molecule has 1 aromatic rings. The molecule has 1 N–H and O–H groups in total. The zero-order valence-electron chi connectivity index (χ0n) is 10.2. The molecule has 1 heterocycles. The summed E-state index contributed by atoms with van der Waals surface area (Å²) in [5.41, 5.74) is 2.20. The van der Waals surface area contributed by atoms with Crippen molar-refractivity contribution in [2.75, 3.05) is 20.1 Å². The fourth-order valence-electron chi connectivity index (χ4n) is 2.49. The van der Waals surface area contributed by atoms with Gasteiger partial charge in [-0.3, -0.25) is 4.79 Å². The van der Waals surface area contributed by atoms with Crippen LogP contribution in [0.3, 0.4) is 0 Å². The van der Waals surface area contributed by atoms with E-state index in [-0.39, 0.29) is 6.42 Å². The molecule has 0 aromatic heterocycles. The predicted molar refractivity (Wildman–Crippen MR) is 67.1 cm³/mol. The van der Waals surface area contributed by atoms with Crippen molar-refractivity contribution in [3.8, 4) is 0 Å². The molecular weight excluding hydrogens is 214 g/mol. The lowest BCUT2D eigenvalue weighted by Gasteiger charge is -2.10. The van der Waals surface area contributed by atoms with Gasteiger partial charge in [-0.05, 0) is 43.5 Å². The Morgan fingerprint density at radius 1 is 1.35 bits per heavy atom. The first-order valence-electron chi connectivity index (χ1n) is 6.11. The second kappa shape index (κ2) is 5.32. The molecule has 3 nitrogen and oxygen atoms in total. The summed E-state index contributed by atoms with van der Waals surface area (Å²) in [6, 6.07) is 8.00. The number of hydrogen-bond acceptors (Lipinski definition) is 2. The average molecular weight is 233 g/mol. The summed E-state index contributed by atoms with van der Waals surface area (Å²) in [6.07, 6.45) is 2.50. The molecule has 0 saturated carbocycles. The third-order valence-electron chi connectivity index (χ3n) is 3.39. The van der Waals surface area contributed by atoms with Gasteiger partial charge in [0, 0.05) is 6.54 Å². The molecule has 1 unspecified atom stereocenters. The smallest absolute Gasteiger partial charge is 0.307 e. The minimum absolute atomic E-state index is 0.118. The van der Waals surface area contributed by atoms with Crippen molar-refractivity contribution in [3.63, 3.8) is 0 Å². The number of benzene rings is 1. The third-order valence-corrected chi connectivity index (χ3v) is 3.39. The maximum absolute atomic E-state index is 10.6. The molecule has 3 heteroatoms. The minimum atomic E-state index is -0.768. The first kappa shape index (κ1) is 12.1. The molecule has 1 aliphatic heterocycles. The van der Waals surface area contributed by atoms with Crippen molar-refractivity contribution < 1.29 is 9.90 Å². The van der Waals surface area contributed by atoms with E-state index in [2.05, 4.69) is 24.1 Å². The Labute approximate surface area is 102 Å². The molecule has 1 aliphatic rings. The zero-order valence-corrected chi connectivity index (χ0v) is 10.2. The van der Waals surface area contributed by atoms with Gasteiger partial charge < -0.3 is 10.0 Å². The first-order chi connectivity index (χ1) is 8.13. The van der Waals surface area contributed by atoms with E-state index < -0.39 is 5.97 Å². The molecule has 0 spiro atoms. The van der Waals surface area contributed by atoms with Crippen molar-refractivity contribution in [1.82, 2.24) is 4.90 Å². The van der Waals surface area contributed by atoms with Crippen LogP contribution in [-0.4, -0.2) is 36.1 Å². The molecule has 2 rings (SSSR count). The minimum Gasteiger partial charge on any atom is -0.481 e. The van der Waals surface area contributed by atoms with E-state index in [1.54, 1.807) is 0 Å². The first-order valence-corrected chi connectivity index (χ1v) is 6.11. The van der Waals surface area contributed by atoms with Gasteiger partial charge >= 0.3 is 5.97 Å². The lowest BCUT2D eigenvalue weighted by Crippen LogP contribution is -2.15. The molecule has 1 saturated heterocycles. The average Bonchev–Trinajstić information content (AvgIpc) is 2.66. The monoisotopic (exact) mass is 233 g/mol. The summed E-state index contributed by atoms with van der Waals surface area (Å²) in [5.74, 6) is -0.0134.